The number of phosphoric ester groups is 1. The van der Waals surface area contributed by atoms with E-state index in [1.165, 1.54) is 360 Å². The summed E-state index contributed by atoms with van der Waals surface area (Å²) in [6.45, 7) is 3.85. The third-order valence-electron chi connectivity index (χ3n) is 17.5. The van der Waals surface area contributed by atoms with Crippen LogP contribution in [0.5, 0.6) is 0 Å². The molecule has 0 saturated heterocycles. The molecule has 0 aliphatic heterocycles. The Morgan fingerprint density at radius 1 is 0.313 bits per heavy atom. The zero-order valence-corrected chi connectivity index (χ0v) is 56.9. The van der Waals surface area contributed by atoms with Crippen LogP contribution in [0.4, 0.5) is 0 Å². The maximum Gasteiger partial charge on any atom is 0.472 e. The van der Waals surface area contributed by atoms with Gasteiger partial charge in [-0.1, -0.05) is 399 Å². The van der Waals surface area contributed by atoms with Crippen LogP contribution in [0.25, 0.3) is 0 Å². The monoisotopic (exact) mass is 1200 g/mol. The molecule has 2 atom stereocenters. The number of carbonyl (C=O) groups excluding carboxylic acids is 2. The molecule has 9 nitrogen and oxygen atoms in total. The van der Waals surface area contributed by atoms with Gasteiger partial charge in [0.25, 0.3) is 0 Å². The van der Waals surface area contributed by atoms with Crippen LogP contribution >= 0.6 is 7.82 Å². The Labute approximate surface area is 517 Å². The van der Waals surface area contributed by atoms with Gasteiger partial charge < -0.3 is 20.1 Å². The van der Waals surface area contributed by atoms with Crippen molar-refractivity contribution in [1.29, 1.82) is 0 Å². The number of esters is 2. The molecule has 0 fully saturated rings. The summed E-state index contributed by atoms with van der Waals surface area (Å²) in [7, 11) is -4.39. The number of ether oxygens (including phenoxy) is 2. The van der Waals surface area contributed by atoms with E-state index in [0.29, 0.717) is 12.8 Å². The molecule has 83 heavy (non-hydrogen) atoms. The second-order valence-electron chi connectivity index (χ2n) is 25.9. The van der Waals surface area contributed by atoms with Crippen molar-refractivity contribution in [3.63, 3.8) is 0 Å². The summed E-state index contributed by atoms with van der Waals surface area (Å²) in [5.74, 6) is -0.797. The second-order valence-corrected chi connectivity index (χ2v) is 27.3. The van der Waals surface area contributed by atoms with E-state index in [-0.39, 0.29) is 32.1 Å². The Hall–Kier alpha value is -0.990. The number of rotatable bonds is 73. The van der Waals surface area contributed by atoms with Crippen molar-refractivity contribution in [3.05, 3.63) is 0 Å². The highest BCUT2D eigenvalue weighted by Crippen LogP contribution is 2.43. The molecule has 0 aromatic carbocycles. The van der Waals surface area contributed by atoms with Crippen LogP contribution in [0.1, 0.15) is 425 Å². The van der Waals surface area contributed by atoms with E-state index < -0.39 is 26.5 Å². The van der Waals surface area contributed by atoms with E-state index in [2.05, 4.69) is 13.8 Å². The molecule has 0 amide bonds. The summed E-state index contributed by atoms with van der Waals surface area (Å²) < 4.78 is 33.2. The van der Waals surface area contributed by atoms with E-state index in [4.69, 9.17) is 24.3 Å². The number of unbranched alkanes of at least 4 members (excludes halogenated alkanes) is 60. The van der Waals surface area contributed by atoms with Crippen LogP contribution in [0.2, 0.25) is 0 Å². The highest BCUT2D eigenvalue weighted by molar-refractivity contribution is 7.47. The first-order valence-electron chi connectivity index (χ1n) is 37.5. The van der Waals surface area contributed by atoms with Crippen LogP contribution in [0.3, 0.4) is 0 Å². The largest absolute Gasteiger partial charge is 0.472 e. The van der Waals surface area contributed by atoms with Gasteiger partial charge in [0.15, 0.2) is 6.10 Å². The highest BCUT2D eigenvalue weighted by Gasteiger charge is 2.26. The highest BCUT2D eigenvalue weighted by atomic mass is 31.2. The smallest absolute Gasteiger partial charge is 0.462 e. The summed E-state index contributed by atoms with van der Waals surface area (Å²) in [6, 6.07) is 0. The predicted octanol–water partition coefficient (Wildman–Crippen LogP) is 24.5. The van der Waals surface area contributed by atoms with E-state index >= 15 is 0 Å². The van der Waals surface area contributed by atoms with Crippen molar-refractivity contribution in [2.45, 2.75) is 431 Å². The van der Waals surface area contributed by atoms with E-state index in [0.717, 1.165) is 32.1 Å². The molecule has 0 aromatic rings. The normalized spacial score (nSPS) is 12.8. The van der Waals surface area contributed by atoms with Gasteiger partial charge in [0.05, 0.1) is 13.2 Å². The summed E-state index contributed by atoms with van der Waals surface area (Å²) in [6.07, 6.45) is 83.8. The maximum absolute atomic E-state index is 12.8. The summed E-state index contributed by atoms with van der Waals surface area (Å²) in [5, 5.41) is 0. The van der Waals surface area contributed by atoms with Crippen LogP contribution in [0.15, 0.2) is 0 Å². The molecule has 496 valence electrons. The van der Waals surface area contributed by atoms with Gasteiger partial charge in [0.2, 0.25) is 0 Å². The molecule has 2 unspecified atom stereocenters. The Morgan fingerprint density at radius 3 is 0.735 bits per heavy atom. The molecule has 0 radical (unpaired) electrons. The summed E-state index contributed by atoms with van der Waals surface area (Å²) in [5.41, 5.74) is 5.41. The van der Waals surface area contributed by atoms with Gasteiger partial charge in [-0.05, 0) is 12.8 Å². The van der Waals surface area contributed by atoms with Gasteiger partial charge in [0, 0.05) is 19.4 Å². The molecular formula is C73H146NO8P. The van der Waals surface area contributed by atoms with E-state index in [1.807, 2.05) is 0 Å². The van der Waals surface area contributed by atoms with E-state index in [1.54, 1.807) is 0 Å². The zero-order valence-electron chi connectivity index (χ0n) is 56.0. The Morgan fingerprint density at radius 2 is 0.518 bits per heavy atom. The third kappa shape index (κ3) is 70.0. The molecule has 0 saturated carbocycles. The molecule has 0 rings (SSSR count). The van der Waals surface area contributed by atoms with Gasteiger partial charge >= 0.3 is 19.8 Å². The number of hydrogen-bond acceptors (Lipinski definition) is 8. The lowest BCUT2D eigenvalue weighted by molar-refractivity contribution is -0.161. The maximum atomic E-state index is 12.8. The van der Waals surface area contributed by atoms with Crippen molar-refractivity contribution in [2.75, 3.05) is 26.4 Å². The number of hydrogen-bond donors (Lipinski definition) is 2. The van der Waals surface area contributed by atoms with Crippen LogP contribution in [-0.4, -0.2) is 49.3 Å². The summed E-state index contributed by atoms with van der Waals surface area (Å²) in [4.78, 5) is 35.4. The predicted molar refractivity (Wildman–Crippen MR) is 358 cm³/mol. The first kappa shape index (κ1) is 82.0. The van der Waals surface area contributed by atoms with Gasteiger partial charge in [-0.2, -0.15) is 0 Å². The van der Waals surface area contributed by atoms with Crippen molar-refractivity contribution in [1.82, 2.24) is 0 Å². The van der Waals surface area contributed by atoms with E-state index in [9.17, 15) is 19.0 Å². The van der Waals surface area contributed by atoms with Gasteiger partial charge in [-0.15, -0.1) is 0 Å². The van der Waals surface area contributed by atoms with Crippen molar-refractivity contribution in [2.24, 2.45) is 5.73 Å². The fourth-order valence-electron chi connectivity index (χ4n) is 11.9. The first-order chi connectivity index (χ1) is 40.8. The lowest BCUT2D eigenvalue weighted by atomic mass is 10.0. The second kappa shape index (κ2) is 70.1. The molecule has 0 bridgehead atoms. The fourth-order valence-corrected chi connectivity index (χ4v) is 12.7. The number of nitrogens with two attached hydrogens (primary N) is 1. The summed E-state index contributed by atoms with van der Waals surface area (Å²) >= 11 is 0. The van der Waals surface area contributed by atoms with Crippen LogP contribution in [0, 0.1) is 0 Å². The number of carbonyl (C=O) groups is 2. The molecule has 0 heterocycles. The molecule has 10 heteroatoms. The van der Waals surface area contributed by atoms with Crippen molar-refractivity contribution in [3.8, 4) is 0 Å². The minimum absolute atomic E-state index is 0.0588. The number of phosphoric acid groups is 1. The SMILES string of the molecule is CCCCCCCCCCCCCCCCCCCCCCCCCCCCCCCCCCCCCCCCCCC(=O)OC(COC(=O)CCCCCCCCCCCCCCCCCCCCCCCC)COP(=O)(O)OCCN. The molecule has 0 aliphatic carbocycles. The minimum Gasteiger partial charge on any atom is -0.462 e. The Balaban J connectivity index is 3.71. The topological polar surface area (TPSA) is 134 Å². The molecular weight excluding hydrogens is 1050 g/mol. The average Bonchev–Trinajstić information content (AvgIpc) is 3.49. The average molecular weight is 1200 g/mol. The minimum atomic E-state index is -4.39. The van der Waals surface area contributed by atoms with Crippen LogP contribution < -0.4 is 5.73 Å². The van der Waals surface area contributed by atoms with Gasteiger partial charge in [-0.25, -0.2) is 4.57 Å². The Bertz CT molecular complexity index is 1320. The quantitative estimate of drug-likeness (QED) is 0.0347. The van der Waals surface area contributed by atoms with Crippen molar-refractivity contribution >= 4 is 19.8 Å². The molecule has 0 spiro atoms. The molecule has 0 aromatic heterocycles. The third-order valence-corrected chi connectivity index (χ3v) is 18.5. The fraction of sp³-hybridized carbons (Fsp3) is 0.973. The standard InChI is InChI=1S/C73H146NO8P/c1-3-5-7-9-11-13-15-17-19-21-23-25-27-28-29-30-31-32-33-34-35-36-37-38-39-40-41-42-43-44-46-48-50-52-54-56-58-60-62-64-66-73(76)82-71(70-81-83(77,78)80-68-67-74)69-79-72(75)65-63-61-59-57-55-53-51-49-47-45-26-24-22-20-18-16-14-12-10-8-6-4-2/h71H,3-70,74H2,1-2H3,(H,77,78). The van der Waals surface area contributed by atoms with Crippen LogP contribution in [-0.2, 0) is 32.7 Å². The lowest BCUT2D eigenvalue weighted by Crippen LogP contribution is -2.29. The Kier molecular flexibility index (Phi) is 69.3. The lowest BCUT2D eigenvalue weighted by Gasteiger charge is -2.19. The van der Waals surface area contributed by atoms with Gasteiger partial charge in [-0.3, -0.25) is 18.6 Å². The molecule has 3 N–H and O–H groups in total. The van der Waals surface area contributed by atoms with Crippen molar-refractivity contribution < 1.29 is 37.6 Å². The molecule has 0 aliphatic rings. The first-order valence-corrected chi connectivity index (χ1v) is 39.0. The van der Waals surface area contributed by atoms with Gasteiger partial charge in [0.1, 0.15) is 6.61 Å². The zero-order chi connectivity index (χ0) is 60.1.